The van der Waals surface area contributed by atoms with Crippen LogP contribution >= 0.6 is 0 Å². The van der Waals surface area contributed by atoms with Gasteiger partial charge in [-0.2, -0.15) is 0 Å². The van der Waals surface area contributed by atoms with Crippen molar-refractivity contribution in [3.63, 3.8) is 0 Å². The maximum atomic E-state index is 11.3. The van der Waals surface area contributed by atoms with E-state index in [1.165, 1.54) is 13.3 Å². The highest BCUT2D eigenvalue weighted by Gasteiger charge is 2.38. The maximum Gasteiger partial charge on any atom is 0.334 e. The molecule has 0 saturated carbocycles. The molecule has 2 atom stereocenters. The fourth-order valence-electron chi connectivity index (χ4n) is 2.75. The smallest absolute Gasteiger partial charge is 0.334 e. The number of aryl methyl sites for hydroxylation is 1. The monoisotopic (exact) mass is 327 g/mol. The highest BCUT2D eigenvalue weighted by molar-refractivity contribution is 5.39. The van der Waals surface area contributed by atoms with Crippen LogP contribution in [0.25, 0.3) is 0 Å². The lowest BCUT2D eigenvalue weighted by Gasteiger charge is -2.14. The summed E-state index contributed by atoms with van der Waals surface area (Å²) in [6, 6.07) is -0.896. The van der Waals surface area contributed by atoms with Crippen LogP contribution in [0.15, 0.2) is 4.52 Å². The first-order valence-corrected chi connectivity index (χ1v) is 8.14. The highest BCUT2D eigenvalue weighted by atomic mass is 16.6. The van der Waals surface area contributed by atoms with E-state index in [-0.39, 0.29) is 22.1 Å². The van der Waals surface area contributed by atoms with Gasteiger partial charge in [0.25, 0.3) is 0 Å². The van der Waals surface area contributed by atoms with Gasteiger partial charge in [0.15, 0.2) is 5.69 Å². The second-order valence-electron chi connectivity index (χ2n) is 5.94. The lowest BCUT2D eigenvalue weighted by atomic mass is 9.93. The SMILES string of the molecule is CCCCCCCCC(C(C)c1onc(C)c1[N+](=O)[O-])[N+](=O)[O-]. The van der Waals surface area contributed by atoms with Crippen molar-refractivity contribution in [2.75, 3.05) is 0 Å². The van der Waals surface area contributed by atoms with Gasteiger partial charge in [0, 0.05) is 11.3 Å². The van der Waals surface area contributed by atoms with E-state index in [0.717, 1.165) is 32.1 Å². The van der Waals surface area contributed by atoms with Crippen molar-refractivity contribution < 1.29 is 14.4 Å². The van der Waals surface area contributed by atoms with Crippen molar-refractivity contribution in [3.05, 3.63) is 31.7 Å². The van der Waals surface area contributed by atoms with E-state index in [1.807, 2.05) is 0 Å². The largest absolute Gasteiger partial charge is 0.353 e. The second kappa shape index (κ2) is 9.22. The van der Waals surface area contributed by atoms with Gasteiger partial charge in [-0.3, -0.25) is 20.2 Å². The van der Waals surface area contributed by atoms with Gasteiger partial charge in [-0.25, -0.2) is 0 Å². The van der Waals surface area contributed by atoms with Crippen LogP contribution < -0.4 is 0 Å². The molecular weight excluding hydrogens is 302 g/mol. The average molecular weight is 327 g/mol. The van der Waals surface area contributed by atoms with Gasteiger partial charge in [-0.05, 0) is 20.3 Å². The molecule has 0 N–H and O–H groups in total. The third-order valence-electron chi connectivity index (χ3n) is 4.15. The van der Waals surface area contributed by atoms with Crippen LogP contribution in [0.2, 0.25) is 0 Å². The zero-order chi connectivity index (χ0) is 17.4. The van der Waals surface area contributed by atoms with Crippen LogP contribution in [0.5, 0.6) is 0 Å². The van der Waals surface area contributed by atoms with Crippen LogP contribution in [0.1, 0.15) is 76.2 Å². The van der Waals surface area contributed by atoms with Gasteiger partial charge in [0.1, 0.15) is 0 Å². The fraction of sp³-hybridized carbons (Fsp3) is 0.800. The molecule has 1 rings (SSSR count). The Bertz CT molecular complexity index is 529. The first kappa shape index (κ1) is 19.1. The quantitative estimate of drug-likeness (QED) is 0.338. The molecule has 0 radical (unpaired) electrons. The number of rotatable bonds is 11. The summed E-state index contributed by atoms with van der Waals surface area (Å²) >= 11 is 0. The van der Waals surface area contributed by atoms with E-state index in [0.29, 0.717) is 6.42 Å². The van der Waals surface area contributed by atoms with Crippen LogP contribution in [-0.4, -0.2) is 21.0 Å². The lowest BCUT2D eigenvalue weighted by Crippen LogP contribution is -2.26. The molecule has 8 nitrogen and oxygen atoms in total. The normalized spacial score (nSPS) is 13.7. The van der Waals surface area contributed by atoms with E-state index in [1.54, 1.807) is 6.92 Å². The molecule has 0 saturated heterocycles. The Morgan fingerprint density at radius 3 is 2.30 bits per heavy atom. The van der Waals surface area contributed by atoms with Gasteiger partial charge >= 0.3 is 5.69 Å². The van der Waals surface area contributed by atoms with Gasteiger partial charge in [-0.1, -0.05) is 44.2 Å². The number of hydrogen-bond acceptors (Lipinski definition) is 6. The Hall–Kier alpha value is -1.99. The van der Waals surface area contributed by atoms with Crippen molar-refractivity contribution in [2.24, 2.45) is 0 Å². The summed E-state index contributed by atoms with van der Waals surface area (Å²) in [5.74, 6) is -0.678. The van der Waals surface area contributed by atoms with Crippen molar-refractivity contribution >= 4 is 5.69 Å². The Morgan fingerprint density at radius 1 is 1.13 bits per heavy atom. The Kier molecular flexibility index (Phi) is 7.64. The molecule has 0 aliphatic carbocycles. The predicted molar refractivity (Wildman–Crippen MR) is 85.1 cm³/mol. The predicted octanol–water partition coefficient (Wildman–Crippen LogP) is 4.39. The third-order valence-corrected chi connectivity index (χ3v) is 4.15. The summed E-state index contributed by atoms with van der Waals surface area (Å²) < 4.78 is 5.01. The van der Waals surface area contributed by atoms with Crippen molar-refractivity contribution in [1.82, 2.24) is 5.16 Å². The molecule has 130 valence electrons. The minimum Gasteiger partial charge on any atom is -0.353 e. The Morgan fingerprint density at radius 2 is 1.74 bits per heavy atom. The van der Waals surface area contributed by atoms with Gasteiger partial charge in [0.05, 0.1) is 10.8 Å². The van der Waals surface area contributed by atoms with E-state index >= 15 is 0 Å². The van der Waals surface area contributed by atoms with Crippen LogP contribution in [0.3, 0.4) is 0 Å². The van der Waals surface area contributed by atoms with Crippen molar-refractivity contribution in [2.45, 2.75) is 77.7 Å². The molecule has 0 fully saturated rings. The summed E-state index contributed by atoms with van der Waals surface area (Å²) in [7, 11) is 0. The molecule has 0 aliphatic rings. The summed E-state index contributed by atoms with van der Waals surface area (Å²) in [5.41, 5.74) is -0.0918. The number of nitro groups is 2. The molecule has 1 heterocycles. The molecule has 0 spiro atoms. The number of aromatic nitrogens is 1. The minimum absolute atomic E-state index is 0.000169. The zero-order valence-corrected chi connectivity index (χ0v) is 14.0. The molecule has 1 aromatic rings. The molecule has 0 bridgehead atoms. The molecule has 0 aromatic carbocycles. The van der Waals surface area contributed by atoms with Gasteiger partial charge in [0.2, 0.25) is 11.8 Å². The van der Waals surface area contributed by atoms with Crippen molar-refractivity contribution in [3.8, 4) is 0 Å². The second-order valence-corrected chi connectivity index (χ2v) is 5.94. The van der Waals surface area contributed by atoms with Crippen molar-refractivity contribution in [1.29, 1.82) is 0 Å². The summed E-state index contributed by atoms with van der Waals surface area (Å²) in [6.45, 7) is 5.20. The van der Waals surface area contributed by atoms with Crippen LogP contribution in [0.4, 0.5) is 5.69 Å². The highest BCUT2D eigenvalue weighted by Crippen LogP contribution is 2.33. The molecular formula is C15H25N3O5. The first-order valence-electron chi connectivity index (χ1n) is 8.14. The average Bonchev–Trinajstić information content (AvgIpc) is 2.87. The number of unbranched alkanes of at least 4 members (excludes halogenated alkanes) is 5. The minimum atomic E-state index is -0.896. The van der Waals surface area contributed by atoms with E-state index in [2.05, 4.69) is 12.1 Å². The third kappa shape index (κ3) is 5.30. The maximum absolute atomic E-state index is 11.3. The molecule has 0 aliphatic heterocycles. The molecule has 1 aromatic heterocycles. The van der Waals surface area contributed by atoms with Crippen LogP contribution in [-0.2, 0) is 0 Å². The van der Waals surface area contributed by atoms with E-state index in [9.17, 15) is 20.2 Å². The molecule has 0 amide bonds. The first-order chi connectivity index (χ1) is 10.9. The molecule has 8 heteroatoms. The standard InChI is InChI=1S/C15H25N3O5/c1-4-5-6-7-8-9-10-13(17(19)20)11(2)15-14(18(21)22)12(3)16-23-15/h11,13H,4-10H2,1-3H3. The van der Waals surface area contributed by atoms with E-state index in [4.69, 9.17) is 4.52 Å². The zero-order valence-electron chi connectivity index (χ0n) is 14.0. The topological polar surface area (TPSA) is 112 Å². The summed E-state index contributed by atoms with van der Waals surface area (Å²) in [4.78, 5) is 21.5. The van der Waals surface area contributed by atoms with Gasteiger partial charge in [-0.15, -0.1) is 0 Å². The van der Waals surface area contributed by atoms with E-state index < -0.39 is 16.9 Å². The Labute approximate surface area is 135 Å². The van der Waals surface area contributed by atoms with Gasteiger partial charge < -0.3 is 4.52 Å². The fourth-order valence-corrected chi connectivity index (χ4v) is 2.75. The summed E-state index contributed by atoms with van der Waals surface area (Å²) in [6.07, 6.45) is 6.60. The Balaban J connectivity index is 2.70. The summed E-state index contributed by atoms with van der Waals surface area (Å²) in [5, 5.41) is 26.0. The number of nitrogens with zero attached hydrogens (tertiary/aromatic N) is 3. The lowest BCUT2D eigenvalue weighted by molar-refractivity contribution is -0.528. The molecule has 2 unspecified atom stereocenters. The number of hydrogen-bond donors (Lipinski definition) is 0. The molecule has 23 heavy (non-hydrogen) atoms. The van der Waals surface area contributed by atoms with Crippen LogP contribution in [0, 0.1) is 27.2 Å².